The fourth-order valence-electron chi connectivity index (χ4n) is 2.03. The normalized spacial score (nSPS) is 22.3. The van der Waals surface area contributed by atoms with E-state index in [-0.39, 0.29) is 11.9 Å². The predicted molar refractivity (Wildman–Crippen MR) is 55.7 cm³/mol. The highest BCUT2D eigenvalue weighted by Gasteiger charge is 2.17. The fraction of sp³-hybridized carbons (Fsp3) is 0.500. The van der Waals surface area contributed by atoms with Crippen LogP contribution in [0.2, 0.25) is 0 Å². The highest BCUT2D eigenvalue weighted by molar-refractivity contribution is 5.26. The van der Waals surface area contributed by atoms with Crippen LogP contribution in [0, 0.1) is 12.7 Å². The molecule has 1 nitrogen and oxygen atoms in total. The third-order valence-corrected chi connectivity index (χ3v) is 2.84. The SMILES string of the molecule is Cc1ccc([C@@H]2CCCCN2)c(F)c1. The van der Waals surface area contributed by atoms with E-state index in [1.165, 1.54) is 12.8 Å². The van der Waals surface area contributed by atoms with Crippen molar-refractivity contribution < 1.29 is 4.39 Å². The predicted octanol–water partition coefficient (Wildman–Crippen LogP) is 2.95. The molecule has 76 valence electrons. The van der Waals surface area contributed by atoms with E-state index in [9.17, 15) is 4.39 Å². The molecule has 14 heavy (non-hydrogen) atoms. The summed E-state index contributed by atoms with van der Waals surface area (Å²) in [6.07, 6.45) is 3.47. The molecule has 0 amide bonds. The van der Waals surface area contributed by atoms with Crippen molar-refractivity contribution in [3.05, 3.63) is 35.1 Å². The summed E-state index contributed by atoms with van der Waals surface area (Å²) in [5.74, 6) is -0.0654. The second-order valence-electron chi connectivity index (χ2n) is 4.03. The molecule has 0 saturated carbocycles. The van der Waals surface area contributed by atoms with Gasteiger partial charge in [0.1, 0.15) is 5.82 Å². The third kappa shape index (κ3) is 1.95. The van der Waals surface area contributed by atoms with Crippen molar-refractivity contribution in [2.75, 3.05) is 6.54 Å². The average Bonchev–Trinajstić information content (AvgIpc) is 2.19. The lowest BCUT2D eigenvalue weighted by Crippen LogP contribution is -2.27. The number of hydrogen-bond acceptors (Lipinski definition) is 1. The van der Waals surface area contributed by atoms with Crippen LogP contribution >= 0.6 is 0 Å². The second-order valence-corrected chi connectivity index (χ2v) is 4.03. The Kier molecular flexibility index (Phi) is 2.82. The molecule has 1 atom stereocenters. The van der Waals surface area contributed by atoms with Gasteiger partial charge in [-0.1, -0.05) is 18.6 Å². The molecular formula is C12H16FN. The van der Waals surface area contributed by atoms with Gasteiger partial charge in [-0.05, 0) is 37.9 Å². The van der Waals surface area contributed by atoms with Crippen LogP contribution in [-0.4, -0.2) is 6.54 Å². The van der Waals surface area contributed by atoms with Crippen molar-refractivity contribution in [2.24, 2.45) is 0 Å². The van der Waals surface area contributed by atoms with Crippen LogP contribution < -0.4 is 5.32 Å². The van der Waals surface area contributed by atoms with Crippen molar-refractivity contribution >= 4 is 0 Å². The molecule has 1 fully saturated rings. The topological polar surface area (TPSA) is 12.0 Å². The molecule has 0 aromatic heterocycles. The summed E-state index contributed by atoms with van der Waals surface area (Å²) >= 11 is 0. The summed E-state index contributed by atoms with van der Waals surface area (Å²) < 4.78 is 13.6. The Bertz CT molecular complexity index is 316. The lowest BCUT2D eigenvalue weighted by atomic mass is 9.96. The largest absolute Gasteiger partial charge is 0.310 e. The highest BCUT2D eigenvalue weighted by atomic mass is 19.1. The maximum atomic E-state index is 13.6. The molecule has 2 heteroatoms. The zero-order valence-corrected chi connectivity index (χ0v) is 8.52. The van der Waals surface area contributed by atoms with Crippen LogP contribution in [0.3, 0.4) is 0 Å². The number of halogens is 1. The van der Waals surface area contributed by atoms with Gasteiger partial charge in [-0.15, -0.1) is 0 Å². The van der Waals surface area contributed by atoms with Crippen LogP contribution in [0.15, 0.2) is 18.2 Å². The van der Waals surface area contributed by atoms with E-state index in [1.807, 2.05) is 19.1 Å². The summed E-state index contributed by atoms with van der Waals surface area (Å²) in [7, 11) is 0. The Morgan fingerprint density at radius 3 is 2.86 bits per heavy atom. The zero-order chi connectivity index (χ0) is 9.97. The molecule has 1 saturated heterocycles. The number of nitrogens with one attached hydrogen (secondary N) is 1. The molecule has 0 radical (unpaired) electrons. The molecule has 1 N–H and O–H groups in total. The molecule has 0 unspecified atom stereocenters. The number of aryl methyl sites for hydroxylation is 1. The number of rotatable bonds is 1. The molecule has 2 rings (SSSR count). The first-order valence-electron chi connectivity index (χ1n) is 5.27. The Morgan fingerprint density at radius 1 is 1.36 bits per heavy atom. The van der Waals surface area contributed by atoms with E-state index in [0.717, 1.165) is 24.1 Å². The van der Waals surface area contributed by atoms with Crippen LogP contribution in [0.5, 0.6) is 0 Å². The van der Waals surface area contributed by atoms with Gasteiger partial charge in [0.25, 0.3) is 0 Å². The maximum Gasteiger partial charge on any atom is 0.128 e. The quantitative estimate of drug-likeness (QED) is 0.723. The molecule has 1 aromatic carbocycles. The van der Waals surface area contributed by atoms with Crippen LogP contribution in [0.25, 0.3) is 0 Å². The zero-order valence-electron chi connectivity index (χ0n) is 8.52. The lowest BCUT2D eigenvalue weighted by molar-refractivity contribution is 0.400. The van der Waals surface area contributed by atoms with Gasteiger partial charge in [0.05, 0.1) is 0 Å². The first kappa shape index (κ1) is 9.66. The molecule has 1 aromatic rings. The molecule has 0 bridgehead atoms. The van der Waals surface area contributed by atoms with Crippen LogP contribution in [-0.2, 0) is 0 Å². The summed E-state index contributed by atoms with van der Waals surface area (Å²) in [5, 5.41) is 3.36. The summed E-state index contributed by atoms with van der Waals surface area (Å²) in [4.78, 5) is 0. The minimum atomic E-state index is -0.0654. The number of benzene rings is 1. The second kappa shape index (κ2) is 4.09. The maximum absolute atomic E-state index is 13.6. The molecule has 1 aliphatic rings. The van der Waals surface area contributed by atoms with Gasteiger partial charge in [-0.25, -0.2) is 4.39 Å². The van der Waals surface area contributed by atoms with E-state index in [1.54, 1.807) is 6.07 Å². The number of hydrogen-bond donors (Lipinski definition) is 1. The van der Waals surface area contributed by atoms with Gasteiger partial charge in [-0.3, -0.25) is 0 Å². The van der Waals surface area contributed by atoms with Crippen molar-refractivity contribution in [2.45, 2.75) is 32.2 Å². The van der Waals surface area contributed by atoms with Gasteiger partial charge in [-0.2, -0.15) is 0 Å². The summed E-state index contributed by atoms with van der Waals surface area (Å²) in [6.45, 7) is 2.93. The first-order valence-corrected chi connectivity index (χ1v) is 5.27. The summed E-state index contributed by atoms with van der Waals surface area (Å²) in [5.41, 5.74) is 1.82. The lowest BCUT2D eigenvalue weighted by Gasteiger charge is -2.24. The van der Waals surface area contributed by atoms with Crippen molar-refractivity contribution in [3.8, 4) is 0 Å². The monoisotopic (exact) mass is 193 g/mol. The third-order valence-electron chi connectivity index (χ3n) is 2.84. The fourth-order valence-corrected chi connectivity index (χ4v) is 2.03. The Labute approximate surface area is 84.3 Å². The minimum absolute atomic E-state index is 0.0654. The van der Waals surface area contributed by atoms with E-state index in [0.29, 0.717) is 0 Å². The van der Waals surface area contributed by atoms with Crippen LogP contribution in [0.1, 0.15) is 36.4 Å². The Balaban J connectivity index is 2.22. The minimum Gasteiger partial charge on any atom is -0.310 e. The molecule has 0 spiro atoms. The van der Waals surface area contributed by atoms with Gasteiger partial charge < -0.3 is 5.32 Å². The smallest absolute Gasteiger partial charge is 0.128 e. The van der Waals surface area contributed by atoms with Gasteiger partial charge in [0.15, 0.2) is 0 Å². The molecular weight excluding hydrogens is 177 g/mol. The van der Waals surface area contributed by atoms with E-state index >= 15 is 0 Å². The first-order chi connectivity index (χ1) is 6.77. The van der Waals surface area contributed by atoms with Crippen molar-refractivity contribution in [3.63, 3.8) is 0 Å². The number of piperidine rings is 1. The Hall–Kier alpha value is -0.890. The van der Waals surface area contributed by atoms with Gasteiger partial charge in [0.2, 0.25) is 0 Å². The van der Waals surface area contributed by atoms with E-state index in [2.05, 4.69) is 5.32 Å². The van der Waals surface area contributed by atoms with E-state index < -0.39 is 0 Å². The summed E-state index contributed by atoms with van der Waals surface area (Å²) in [6, 6.07) is 5.73. The van der Waals surface area contributed by atoms with Gasteiger partial charge >= 0.3 is 0 Å². The van der Waals surface area contributed by atoms with Crippen LogP contribution in [0.4, 0.5) is 4.39 Å². The van der Waals surface area contributed by atoms with Crippen molar-refractivity contribution in [1.29, 1.82) is 0 Å². The standard InChI is InChI=1S/C12H16FN/c1-9-5-6-10(11(13)8-9)12-4-2-3-7-14-12/h5-6,8,12,14H,2-4,7H2,1H3/t12-/m0/s1. The molecule has 1 aliphatic heterocycles. The van der Waals surface area contributed by atoms with E-state index in [4.69, 9.17) is 0 Å². The highest BCUT2D eigenvalue weighted by Crippen LogP contribution is 2.25. The average molecular weight is 193 g/mol. The molecule has 1 heterocycles. The van der Waals surface area contributed by atoms with Gasteiger partial charge in [0, 0.05) is 11.6 Å². The van der Waals surface area contributed by atoms with Crippen molar-refractivity contribution in [1.82, 2.24) is 5.32 Å². The Morgan fingerprint density at radius 2 is 2.21 bits per heavy atom. The molecule has 0 aliphatic carbocycles.